The van der Waals surface area contributed by atoms with Crippen molar-refractivity contribution in [3.8, 4) is 0 Å². The number of carbonyl (C=O) groups excluding carboxylic acids is 1. The van der Waals surface area contributed by atoms with Gasteiger partial charge in [0.25, 0.3) is 0 Å². The number of nitrogens with zero attached hydrogens (tertiary/aromatic N) is 3. The van der Waals surface area contributed by atoms with Gasteiger partial charge < -0.3 is 15.0 Å². The molecule has 1 fully saturated rings. The number of anilines is 1. The summed E-state index contributed by atoms with van der Waals surface area (Å²) in [7, 11) is 0. The van der Waals surface area contributed by atoms with Gasteiger partial charge in [0, 0.05) is 37.4 Å². The highest BCUT2D eigenvalue weighted by Gasteiger charge is 2.26. The fourth-order valence-corrected chi connectivity index (χ4v) is 3.79. The summed E-state index contributed by atoms with van der Waals surface area (Å²) in [4.78, 5) is 24.1. The van der Waals surface area contributed by atoms with E-state index < -0.39 is 0 Å². The summed E-state index contributed by atoms with van der Waals surface area (Å²) in [5.41, 5.74) is 4.54. The monoisotopic (exact) mass is 366 g/mol. The lowest BCUT2D eigenvalue weighted by Gasteiger charge is -2.28. The molecule has 1 N–H and O–H groups in total. The first-order chi connectivity index (χ1) is 13.2. The van der Waals surface area contributed by atoms with Crippen LogP contribution in [0.1, 0.15) is 28.8 Å². The number of aryl methyl sites for hydroxylation is 2. The minimum Gasteiger partial charge on any atom is -0.378 e. The van der Waals surface area contributed by atoms with Crippen molar-refractivity contribution in [1.82, 2.24) is 15.3 Å². The second kappa shape index (κ2) is 8.05. The van der Waals surface area contributed by atoms with Crippen molar-refractivity contribution in [2.24, 2.45) is 5.92 Å². The lowest BCUT2D eigenvalue weighted by Crippen LogP contribution is -2.38. The van der Waals surface area contributed by atoms with Gasteiger partial charge in [-0.1, -0.05) is 29.8 Å². The molecule has 1 aliphatic carbocycles. The van der Waals surface area contributed by atoms with Crippen molar-refractivity contribution >= 4 is 11.9 Å². The van der Waals surface area contributed by atoms with Gasteiger partial charge in [-0.2, -0.15) is 0 Å². The minimum absolute atomic E-state index is 0.000135. The molecule has 1 saturated heterocycles. The number of hydrogen-bond donors (Lipinski definition) is 1. The van der Waals surface area contributed by atoms with E-state index in [0.717, 1.165) is 68.3 Å². The summed E-state index contributed by atoms with van der Waals surface area (Å²) in [6, 6.07) is 8.24. The molecule has 1 atom stereocenters. The van der Waals surface area contributed by atoms with Crippen molar-refractivity contribution in [2.45, 2.75) is 32.7 Å². The second-order valence-corrected chi connectivity index (χ2v) is 7.39. The van der Waals surface area contributed by atoms with Crippen LogP contribution in [0.25, 0.3) is 0 Å². The fraction of sp³-hybridized carbons (Fsp3) is 0.476. The van der Waals surface area contributed by atoms with E-state index in [9.17, 15) is 4.79 Å². The Kier molecular flexibility index (Phi) is 5.34. The van der Waals surface area contributed by atoms with E-state index in [1.165, 1.54) is 5.56 Å². The van der Waals surface area contributed by atoms with Crippen molar-refractivity contribution in [3.05, 3.63) is 52.8 Å². The van der Waals surface area contributed by atoms with Gasteiger partial charge in [-0.05, 0) is 37.3 Å². The van der Waals surface area contributed by atoms with Gasteiger partial charge >= 0.3 is 0 Å². The van der Waals surface area contributed by atoms with Crippen LogP contribution in [-0.2, 0) is 28.9 Å². The van der Waals surface area contributed by atoms with Crippen LogP contribution in [0.15, 0.2) is 30.5 Å². The summed E-state index contributed by atoms with van der Waals surface area (Å²) in [5, 5.41) is 3.09. The molecule has 1 aromatic carbocycles. The molecule has 2 aliphatic rings. The topological polar surface area (TPSA) is 67.4 Å². The highest BCUT2D eigenvalue weighted by molar-refractivity contribution is 5.79. The summed E-state index contributed by atoms with van der Waals surface area (Å²) in [6.45, 7) is 5.77. The quantitative estimate of drug-likeness (QED) is 0.897. The Balaban J connectivity index is 1.37. The van der Waals surface area contributed by atoms with E-state index in [1.807, 2.05) is 18.3 Å². The number of aromatic nitrogens is 2. The van der Waals surface area contributed by atoms with Gasteiger partial charge in [-0.15, -0.1) is 0 Å². The van der Waals surface area contributed by atoms with Crippen molar-refractivity contribution in [2.75, 3.05) is 31.2 Å². The fourth-order valence-electron chi connectivity index (χ4n) is 3.79. The number of ether oxygens (including phenoxy) is 1. The minimum atomic E-state index is 0.000135. The summed E-state index contributed by atoms with van der Waals surface area (Å²) >= 11 is 0. The Bertz CT molecular complexity index is 818. The largest absolute Gasteiger partial charge is 0.378 e. The molecule has 1 aliphatic heterocycles. The number of nitrogens with one attached hydrogen (secondary N) is 1. The van der Waals surface area contributed by atoms with E-state index in [2.05, 4.69) is 34.3 Å². The zero-order valence-corrected chi connectivity index (χ0v) is 15.8. The number of fused-ring (bicyclic) bond motifs is 1. The maximum Gasteiger partial charge on any atom is 0.225 e. The number of carbonyl (C=O) groups is 1. The third kappa shape index (κ3) is 4.27. The molecule has 6 nitrogen and oxygen atoms in total. The van der Waals surface area contributed by atoms with E-state index in [4.69, 9.17) is 9.72 Å². The highest BCUT2D eigenvalue weighted by Crippen LogP contribution is 2.25. The SMILES string of the molecule is Cc1cccc(CNC(=O)C2CCc3nc(N4CCOCC4)ncc3C2)c1. The Morgan fingerprint density at radius 2 is 2.19 bits per heavy atom. The standard InChI is InChI=1S/C21H26N4O2/c1-15-3-2-4-16(11-15)13-22-20(26)17-5-6-19-18(12-17)14-23-21(24-19)25-7-9-27-10-8-25/h2-4,11,14,17H,5-10,12-13H2,1H3,(H,22,26). The summed E-state index contributed by atoms with van der Waals surface area (Å²) in [6.07, 6.45) is 4.30. The first-order valence-electron chi connectivity index (χ1n) is 9.70. The zero-order chi connectivity index (χ0) is 18.6. The molecule has 4 rings (SSSR count). The van der Waals surface area contributed by atoms with Gasteiger partial charge in [0.15, 0.2) is 0 Å². The van der Waals surface area contributed by atoms with Gasteiger partial charge in [0.05, 0.1) is 13.2 Å². The van der Waals surface area contributed by atoms with Crippen molar-refractivity contribution < 1.29 is 9.53 Å². The molecular formula is C21H26N4O2. The van der Waals surface area contributed by atoms with Crippen LogP contribution in [-0.4, -0.2) is 42.2 Å². The molecule has 1 unspecified atom stereocenters. The summed E-state index contributed by atoms with van der Waals surface area (Å²) < 4.78 is 5.39. The van der Waals surface area contributed by atoms with E-state index in [-0.39, 0.29) is 11.8 Å². The molecular weight excluding hydrogens is 340 g/mol. The Hall–Kier alpha value is -2.47. The molecule has 142 valence electrons. The van der Waals surface area contributed by atoms with Gasteiger partial charge in [-0.3, -0.25) is 4.79 Å². The molecule has 27 heavy (non-hydrogen) atoms. The zero-order valence-electron chi connectivity index (χ0n) is 15.8. The molecule has 2 heterocycles. The van der Waals surface area contributed by atoms with Crippen molar-refractivity contribution in [3.63, 3.8) is 0 Å². The number of rotatable bonds is 4. The van der Waals surface area contributed by atoms with Crippen molar-refractivity contribution in [1.29, 1.82) is 0 Å². The van der Waals surface area contributed by atoms with Crippen LogP contribution >= 0.6 is 0 Å². The number of hydrogen-bond acceptors (Lipinski definition) is 5. The average Bonchev–Trinajstić information content (AvgIpc) is 2.72. The maximum absolute atomic E-state index is 12.6. The Morgan fingerprint density at radius 3 is 3.00 bits per heavy atom. The normalized spacial score (nSPS) is 19.4. The molecule has 0 bridgehead atoms. The van der Waals surface area contributed by atoms with Crippen LogP contribution in [0.5, 0.6) is 0 Å². The van der Waals surface area contributed by atoms with Gasteiger partial charge in [0.2, 0.25) is 11.9 Å². The Labute approximate surface area is 160 Å². The molecule has 0 radical (unpaired) electrons. The molecule has 0 spiro atoms. The lowest BCUT2D eigenvalue weighted by molar-refractivity contribution is -0.125. The number of amides is 1. The smallest absolute Gasteiger partial charge is 0.225 e. The van der Waals surface area contributed by atoms with Crippen LogP contribution in [0.3, 0.4) is 0 Å². The van der Waals surface area contributed by atoms with E-state index >= 15 is 0 Å². The highest BCUT2D eigenvalue weighted by atomic mass is 16.5. The van der Waals surface area contributed by atoms with Crippen LogP contribution < -0.4 is 10.2 Å². The molecule has 1 aromatic heterocycles. The van der Waals surface area contributed by atoms with E-state index in [1.54, 1.807) is 0 Å². The predicted molar refractivity (Wildman–Crippen MR) is 104 cm³/mol. The maximum atomic E-state index is 12.6. The van der Waals surface area contributed by atoms with Crippen LogP contribution in [0, 0.1) is 12.8 Å². The molecule has 2 aromatic rings. The molecule has 1 amide bonds. The first kappa shape index (κ1) is 17.9. The third-order valence-corrected chi connectivity index (χ3v) is 5.35. The van der Waals surface area contributed by atoms with Crippen LogP contribution in [0.2, 0.25) is 0 Å². The Morgan fingerprint density at radius 1 is 1.33 bits per heavy atom. The predicted octanol–water partition coefficient (Wildman–Crippen LogP) is 2.04. The van der Waals surface area contributed by atoms with Gasteiger partial charge in [-0.25, -0.2) is 9.97 Å². The number of morpholine rings is 1. The second-order valence-electron chi connectivity index (χ2n) is 7.39. The summed E-state index contributed by atoms with van der Waals surface area (Å²) in [5.74, 6) is 0.916. The number of benzene rings is 1. The first-order valence-corrected chi connectivity index (χ1v) is 9.70. The van der Waals surface area contributed by atoms with E-state index in [0.29, 0.717) is 6.54 Å². The molecule has 0 saturated carbocycles. The lowest BCUT2D eigenvalue weighted by atomic mass is 9.86. The van der Waals surface area contributed by atoms with Crippen LogP contribution in [0.4, 0.5) is 5.95 Å². The molecule has 6 heteroatoms. The average molecular weight is 366 g/mol. The van der Waals surface area contributed by atoms with Gasteiger partial charge in [0.1, 0.15) is 0 Å². The third-order valence-electron chi connectivity index (χ3n) is 5.35.